The lowest BCUT2D eigenvalue weighted by molar-refractivity contribution is 0.0999. The minimum Gasteiger partial charge on any atom is -0.366 e. The lowest BCUT2D eigenvalue weighted by Crippen LogP contribution is -2.12. The molecule has 0 atom stereocenters. The summed E-state index contributed by atoms with van der Waals surface area (Å²) in [7, 11) is -0.822. The lowest BCUT2D eigenvalue weighted by Gasteiger charge is -2.02. The van der Waals surface area contributed by atoms with Crippen molar-refractivity contribution in [1.29, 1.82) is 0 Å². The molecule has 26 heavy (non-hydrogen) atoms. The van der Waals surface area contributed by atoms with Crippen LogP contribution in [0.25, 0.3) is 0 Å². The Morgan fingerprint density at radius 2 is 1.19 bits per heavy atom. The van der Waals surface area contributed by atoms with E-state index in [1.54, 1.807) is 12.1 Å². The molecule has 3 rings (SSSR count). The van der Waals surface area contributed by atoms with Crippen molar-refractivity contribution in [3.63, 3.8) is 0 Å². The van der Waals surface area contributed by atoms with Gasteiger partial charge < -0.3 is 5.73 Å². The van der Waals surface area contributed by atoms with Gasteiger partial charge in [-0.25, -0.2) is 0 Å². The van der Waals surface area contributed by atoms with Crippen LogP contribution < -0.4 is 5.73 Å². The van der Waals surface area contributed by atoms with Gasteiger partial charge >= 0.3 is 0 Å². The molecule has 4 heteroatoms. The van der Waals surface area contributed by atoms with E-state index in [4.69, 9.17) is 5.73 Å². The average molecular weight is 365 g/mol. The molecule has 0 saturated heterocycles. The fraction of sp³-hybridized carbons (Fsp3) is 0.136. The number of primary amides is 1. The van der Waals surface area contributed by atoms with Gasteiger partial charge in [0, 0.05) is 27.9 Å². The quantitative estimate of drug-likeness (QED) is 0.735. The molecular formula is C22H23NO2S. The molecule has 1 amide bonds. The van der Waals surface area contributed by atoms with E-state index in [2.05, 4.69) is 0 Å². The van der Waals surface area contributed by atoms with Gasteiger partial charge in [0.2, 0.25) is 5.91 Å². The summed E-state index contributed by atoms with van der Waals surface area (Å²) < 4.78 is 11.9. The highest BCUT2D eigenvalue weighted by Gasteiger charge is 2.02. The monoisotopic (exact) mass is 365 g/mol. The topological polar surface area (TPSA) is 60.2 Å². The van der Waals surface area contributed by atoms with Crippen LogP contribution >= 0.6 is 0 Å². The molecule has 0 fully saturated rings. The van der Waals surface area contributed by atoms with Crippen molar-refractivity contribution in [3.05, 3.63) is 107 Å². The van der Waals surface area contributed by atoms with E-state index in [1.165, 1.54) is 0 Å². The van der Waals surface area contributed by atoms with Gasteiger partial charge in [-0.05, 0) is 29.7 Å². The zero-order chi connectivity index (χ0) is 18.8. The number of carbonyl (C=O) groups excluding carboxylic acids is 1. The van der Waals surface area contributed by atoms with Crippen LogP contribution in [0.2, 0.25) is 0 Å². The lowest BCUT2D eigenvalue weighted by atomic mass is 10.1. The number of carbonyl (C=O) groups is 1. The first-order valence-corrected chi connectivity index (χ1v) is 9.83. The minimum absolute atomic E-state index is 0.363. The number of rotatable bonds is 5. The van der Waals surface area contributed by atoms with Gasteiger partial charge in [0.15, 0.2) is 0 Å². The molecule has 0 bridgehead atoms. The smallest absolute Gasteiger partial charge is 0.248 e. The number of amides is 1. The predicted octanol–water partition coefficient (Wildman–Crippen LogP) is 4.23. The highest BCUT2D eigenvalue weighted by molar-refractivity contribution is 7.83. The number of hydrogen-bond donors (Lipinski definition) is 1. The molecule has 0 spiro atoms. The van der Waals surface area contributed by atoms with Crippen LogP contribution in [0.4, 0.5) is 0 Å². The largest absolute Gasteiger partial charge is 0.366 e. The summed E-state index contributed by atoms with van der Waals surface area (Å²) in [6.07, 6.45) is 0. The van der Waals surface area contributed by atoms with Gasteiger partial charge in [-0.1, -0.05) is 78.9 Å². The van der Waals surface area contributed by atoms with Gasteiger partial charge in [0.1, 0.15) is 0 Å². The van der Waals surface area contributed by atoms with Crippen LogP contribution in [-0.4, -0.2) is 10.1 Å². The molecule has 0 heterocycles. The summed E-state index contributed by atoms with van der Waals surface area (Å²) in [4.78, 5) is 10.6. The molecule has 2 N–H and O–H groups in total. The summed E-state index contributed by atoms with van der Waals surface area (Å²) in [6.45, 7) is 1.86. The Balaban J connectivity index is 0.000000209. The van der Waals surface area contributed by atoms with Gasteiger partial charge in [-0.2, -0.15) is 0 Å². The van der Waals surface area contributed by atoms with Crippen molar-refractivity contribution in [2.75, 3.05) is 0 Å². The fourth-order valence-corrected chi connectivity index (χ4v) is 3.65. The molecule has 134 valence electrons. The Kier molecular flexibility index (Phi) is 7.77. The number of nitrogens with two attached hydrogens (primary N) is 1. The average Bonchev–Trinajstić information content (AvgIpc) is 2.64. The molecule has 0 aliphatic rings. The third kappa shape index (κ3) is 6.65. The Morgan fingerprint density at radius 1 is 0.769 bits per heavy atom. The molecule has 0 unspecified atom stereocenters. The van der Waals surface area contributed by atoms with Gasteiger partial charge in [0.25, 0.3) is 0 Å². The van der Waals surface area contributed by atoms with Gasteiger partial charge in [-0.3, -0.25) is 9.00 Å². The van der Waals surface area contributed by atoms with Crippen LogP contribution in [0.5, 0.6) is 0 Å². The zero-order valence-corrected chi connectivity index (χ0v) is 15.6. The van der Waals surface area contributed by atoms with Crippen LogP contribution in [0, 0.1) is 6.92 Å². The van der Waals surface area contributed by atoms with Crippen LogP contribution in [0.3, 0.4) is 0 Å². The SMILES string of the molecule is Cc1ccccc1C(N)=O.O=S(Cc1ccccc1)Cc1ccccc1. The Labute approximate surface area is 157 Å². The first-order chi connectivity index (χ1) is 12.6. The molecule has 0 saturated carbocycles. The van der Waals surface area contributed by atoms with E-state index in [0.717, 1.165) is 16.7 Å². The van der Waals surface area contributed by atoms with Crippen molar-refractivity contribution in [1.82, 2.24) is 0 Å². The maximum absolute atomic E-state index is 11.9. The second kappa shape index (κ2) is 10.3. The van der Waals surface area contributed by atoms with Crippen LogP contribution in [-0.2, 0) is 22.3 Å². The molecular weight excluding hydrogens is 342 g/mol. The third-order valence-electron chi connectivity index (χ3n) is 3.75. The summed E-state index contributed by atoms with van der Waals surface area (Å²) in [5.74, 6) is 0.906. The molecule has 0 radical (unpaired) electrons. The minimum atomic E-state index is -0.822. The number of hydrogen-bond acceptors (Lipinski definition) is 2. The maximum Gasteiger partial charge on any atom is 0.248 e. The Hall–Kier alpha value is -2.72. The number of aryl methyl sites for hydroxylation is 1. The number of benzene rings is 3. The standard InChI is InChI=1S/C14H14OS.C8H9NO/c15-16(11-13-7-3-1-4-8-13)12-14-9-5-2-6-10-14;1-6-4-2-3-5-7(6)8(9)10/h1-10H,11-12H2;2-5H,1H3,(H2,9,10). The van der Waals surface area contributed by atoms with Crippen LogP contribution in [0.1, 0.15) is 27.0 Å². The van der Waals surface area contributed by atoms with Crippen molar-refractivity contribution in [2.24, 2.45) is 5.73 Å². The molecule has 3 aromatic rings. The van der Waals surface area contributed by atoms with E-state index in [0.29, 0.717) is 17.1 Å². The molecule has 0 aromatic heterocycles. The van der Waals surface area contributed by atoms with Crippen molar-refractivity contribution >= 4 is 16.7 Å². The first kappa shape index (κ1) is 19.6. The van der Waals surface area contributed by atoms with Crippen molar-refractivity contribution in [2.45, 2.75) is 18.4 Å². The maximum atomic E-state index is 11.9. The van der Waals surface area contributed by atoms with Gasteiger partial charge in [-0.15, -0.1) is 0 Å². The second-order valence-electron chi connectivity index (χ2n) is 5.88. The molecule has 0 aliphatic heterocycles. The molecule has 3 aromatic carbocycles. The summed E-state index contributed by atoms with van der Waals surface area (Å²) in [5, 5.41) is 0. The third-order valence-corrected chi connectivity index (χ3v) is 5.06. The van der Waals surface area contributed by atoms with E-state index >= 15 is 0 Å². The summed E-state index contributed by atoms with van der Waals surface area (Å²) in [6, 6.07) is 27.2. The first-order valence-electron chi connectivity index (χ1n) is 8.34. The van der Waals surface area contributed by atoms with E-state index < -0.39 is 10.8 Å². The van der Waals surface area contributed by atoms with E-state index in [1.807, 2.05) is 79.7 Å². The van der Waals surface area contributed by atoms with Gasteiger partial charge in [0.05, 0.1) is 0 Å². The van der Waals surface area contributed by atoms with Crippen LogP contribution in [0.15, 0.2) is 84.9 Å². The summed E-state index contributed by atoms with van der Waals surface area (Å²) >= 11 is 0. The van der Waals surface area contributed by atoms with Crippen molar-refractivity contribution < 1.29 is 9.00 Å². The molecule has 3 nitrogen and oxygen atoms in total. The normalized spacial score (nSPS) is 10.1. The highest BCUT2D eigenvalue weighted by atomic mass is 32.2. The van der Waals surface area contributed by atoms with E-state index in [9.17, 15) is 9.00 Å². The Morgan fingerprint density at radius 3 is 1.58 bits per heavy atom. The van der Waals surface area contributed by atoms with E-state index in [-0.39, 0.29) is 5.91 Å². The molecule has 0 aliphatic carbocycles. The summed E-state index contributed by atoms with van der Waals surface area (Å²) in [5.41, 5.74) is 8.87. The predicted molar refractivity (Wildman–Crippen MR) is 108 cm³/mol. The van der Waals surface area contributed by atoms with Crippen molar-refractivity contribution in [3.8, 4) is 0 Å². The zero-order valence-electron chi connectivity index (χ0n) is 14.8. The Bertz CT molecular complexity index is 805. The second-order valence-corrected chi connectivity index (χ2v) is 7.34. The highest BCUT2D eigenvalue weighted by Crippen LogP contribution is 2.08. The fourth-order valence-electron chi connectivity index (χ4n) is 2.42.